The summed E-state index contributed by atoms with van der Waals surface area (Å²) >= 11 is 1.82. The molecule has 0 spiro atoms. The van der Waals surface area contributed by atoms with Crippen molar-refractivity contribution in [3.05, 3.63) is 10.6 Å². The molecule has 0 aliphatic carbocycles. The van der Waals surface area contributed by atoms with Crippen molar-refractivity contribution >= 4 is 23.9 Å². The molecule has 0 aromatic carbocycles. The van der Waals surface area contributed by atoms with Gasteiger partial charge in [-0.2, -0.15) is 0 Å². The first kappa shape index (κ1) is 19.2. The van der Waals surface area contributed by atoms with E-state index in [1.54, 1.807) is 7.05 Å². The fourth-order valence-electron chi connectivity index (χ4n) is 1.84. The Morgan fingerprint density at radius 1 is 1.40 bits per heavy atom. The lowest BCUT2D eigenvalue weighted by molar-refractivity contribution is -0.130. The Balaban J connectivity index is 0.000000511. The van der Waals surface area contributed by atoms with E-state index in [9.17, 15) is 4.79 Å². The summed E-state index contributed by atoms with van der Waals surface area (Å²) in [5, 5.41) is 1.19. The van der Waals surface area contributed by atoms with Gasteiger partial charge in [0.15, 0.2) is 0 Å². The molecule has 1 fully saturated rings. The zero-order chi connectivity index (χ0) is 15.7. The number of amides is 1. The maximum absolute atomic E-state index is 11.7. The van der Waals surface area contributed by atoms with Crippen molar-refractivity contribution in [2.75, 3.05) is 12.8 Å². The van der Waals surface area contributed by atoms with Crippen molar-refractivity contribution in [1.82, 2.24) is 4.90 Å². The standard InChI is InChI=1S/C11H19NOS.C5H11N/c1-5-9(4)11-12(8(2)3)10(13)6-7-14-11;1-5(2)4-6-3/h8H,5-7H2,1-4H3;4-5H,1-3H3. The highest BCUT2D eigenvalue weighted by Crippen LogP contribution is 2.32. The van der Waals surface area contributed by atoms with Crippen LogP contribution in [0.3, 0.4) is 0 Å². The number of rotatable bonds is 3. The van der Waals surface area contributed by atoms with E-state index in [0.29, 0.717) is 12.3 Å². The minimum Gasteiger partial charge on any atom is -0.304 e. The van der Waals surface area contributed by atoms with Crippen LogP contribution in [-0.2, 0) is 4.79 Å². The van der Waals surface area contributed by atoms with Crippen LogP contribution in [0.5, 0.6) is 0 Å². The van der Waals surface area contributed by atoms with E-state index in [1.807, 2.05) is 22.9 Å². The number of hydrogen-bond donors (Lipinski definition) is 0. The normalized spacial score (nSPS) is 18.6. The number of carbonyl (C=O) groups is 1. The van der Waals surface area contributed by atoms with Crippen LogP contribution in [-0.4, -0.2) is 35.9 Å². The molecule has 1 heterocycles. The molecule has 1 amide bonds. The first-order valence-electron chi connectivity index (χ1n) is 7.41. The van der Waals surface area contributed by atoms with E-state index < -0.39 is 0 Å². The molecule has 1 aliphatic rings. The van der Waals surface area contributed by atoms with E-state index in [0.717, 1.165) is 12.2 Å². The Bertz CT molecular complexity index is 359. The van der Waals surface area contributed by atoms with Gasteiger partial charge in [-0.3, -0.25) is 4.79 Å². The van der Waals surface area contributed by atoms with Crippen LogP contribution in [0.1, 0.15) is 54.4 Å². The van der Waals surface area contributed by atoms with Gasteiger partial charge in [0.2, 0.25) is 5.91 Å². The third-order valence-electron chi connectivity index (χ3n) is 2.90. The van der Waals surface area contributed by atoms with Crippen LogP contribution in [0.15, 0.2) is 15.6 Å². The second-order valence-electron chi connectivity index (χ2n) is 5.55. The monoisotopic (exact) mass is 298 g/mol. The first-order chi connectivity index (χ1) is 9.34. The van der Waals surface area contributed by atoms with Crippen LogP contribution in [0, 0.1) is 5.92 Å². The first-order valence-corrected chi connectivity index (χ1v) is 8.40. The summed E-state index contributed by atoms with van der Waals surface area (Å²) in [5.41, 5.74) is 1.33. The number of carbonyl (C=O) groups excluding carboxylic acids is 1. The molecule has 0 radical (unpaired) electrons. The van der Waals surface area contributed by atoms with Crippen LogP contribution >= 0.6 is 11.8 Å². The predicted molar refractivity (Wildman–Crippen MR) is 91.3 cm³/mol. The third kappa shape index (κ3) is 6.60. The lowest BCUT2D eigenvalue weighted by atomic mass is 10.2. The van der Waals surface area contributed by atoms with Gasteiger partial charge in [0, 0.05) is 31.5 Å². The van der Waals surface area contributed by atoms with Gasteiger partial charge in [-0.05, 0) is 38.7 Å². The number of hydrogen-bond acceptors (Lipinski definition) is 3. The molecule has 116 valence electrons. The average molecular weight is 298 g/mol. The van der Waals surface area contributed by atoms with Crippen LogP contribution in [0.25, 0.3) is 0 Å². The van der Waals surface area contributed by atoms with Gasteiger partial charge in [0.1, 0.15) is 0 Å². The summed E-state index contributed by atoms with van der Waals surface area (Å²) in [6.07, 6.45) is 3.63. The van der Waals surface area contributed by atoms with Crippen LogP contribution in [0.2, 0.25) is 0 Å². The lowest BCUT2D eigenvalue weighted by Crippen LogP contribution is -2.38. The molecular weight excluding hydrogens is 268 g/mol. The lowest BCUT2D eigenvalue weighted by Gasteiger charge is -2.33. The Hall–Kier alpha value is -0.770. The molecule has 0 aromatic heterocycles. The van der Waals surface area contributed by atoms with E-state index in [-0.39, 0.29) is 11.9 Å². The molecule has 1 saturated heterocycles. The molecular formula is C16H30N2OS. The molecule has 1 aliphatic heterocycles. The van der Waals surface area contributed by atoms with Crippen LogP contribution < -0.4 is 0 Å². The van der Waals surface area contributed by atoms with Crippen molar-refractivity contribution in [1.29, 1.82) is 0 Å². The summed E-state index contributed by atoms with van der Waals surface area (Å²) in [6, 6.07) is 0.284. The highest BCUT2D eigenvalue weighted by molar-refractivity contribution is 8.03. The number of thioether (sulfide) groups is 1. The van der Waals surface area contributed by atoms with Gasteiger partial charge in [-0.25, -0.2) is 0 Å². The number of nitrogens with zero attached hydrogens (tertiary/aromatic N) is 2. The Morgan fingerprint density at radius 3 is 2.35 bits per heavy atom. The molecule has 4 heteroatoms. The summed E-state index contributed by atoms with van der Waals surface area (Å²) < 4.78 is 0. The molecule has 0 unspecified atom stereocenters. The third-order valence-corrected chi connectivity index (χ3v) is 4.13. The van der Waals surface area contributed by atoms with Gasteiger partial charge in [-0.15, -0.1) is 11.8 Å². The largest absolute Gasteiger partial charge is 0.304 e. The molecule has 3 nitrogen and oxygen atoms in total. The molecule has 0 bridgehead atoms. The van der Waals surface area contributed by atoms with Crippen molar-refractivity contribution in [3.63, 3.8) is 0 Å². The number of aliphatic imine (C=N–C) groups is 1. The topological polar surface area (TPSA) is 32.7 Å². The number of allylic oxidation sites excluding steroid dienone is 1. The quantitative estimate of drug-likeness (QED) is 0.726. The second-order valence-corrected chi connectivity index (χ2v) is 6.63. The SMILES string of the molecule is CCC(C)=C1SCCC(=O)N1C(C)C.CN=CC(C)C. The zero-order valence-electron chi connectivity index (χ0n) is 14.1. The summed E-state index contributed by atoms with van der Waals surface area (Å²) in [5.74, 6) is 1.82. The maximum Gasteiger partial charge on any atom is 0.228 e. The molecule has 1 rings (SSSR count). The minimum atomic E-state index is 0.279. The van der Waals surface area contributed by atoms with E-state index >= 15 is 0 Å². The molecule has 0 saturated carbocycles. The molecule has 0 N–H and O–H groups in total. The molecule has 0 atom stereocenters. The van der Waals surface area contributed by atoms with Gasteiger partial charge in [0.25, 0.3) is 0 Å². The van der Waals surface area contributed by atoms with Gasteiger partial charge in [-0.1, -0.05) is 20.8 Å². The van der Waals surface area contributed by atoms with E-state index in [1.165, 1.54) is 10.6 Å². The maximum atomic E-state index is 11.7. The minimum absolute atomic E-state index is 0.279. The van der Waals surface area contributed by atoms with Gasteiger partial charge in [0.05, 0.1) is 5.03 Å². The van der Waals surface area contributed by atoms with Crippen molar-refractivity contribution in [3.8, 4) is 0 Å². The van der Waals surface area contributed by atoms with Crippen molar-refractivity contribution < 1.29 is 4.79 Å². The second kappa shape index (κ2) is 10.0. The van der Waals surface area contributed by atoms with E-state index in [2.05, 4.69) is 46.5 Å². The molecule has 20 heavy (non-hydrogen) atoms. The predicted octanol–water partition coefficient (Wildman–Crippen LogP) is 4.34. The average Bonchev–Trinajstić information content (AvgIpc) is 2.37. The Kier molecular flexibility index (Phi) is 9.64. The fraction of sp³-hybridized carbons (Fsp3) is 0.750. The summed E-state index contributed by atoms with van der Waals surface area (Å²) in [7, 11) is 1.79. The van der Waals surface area contributed by atoms with Crippen molar-refractivity contribution in [2.45, 2.75) is 60.4 Å². The highest BCUT2D eigenvalue weighted by atomic mass is 32.2. The summed E-state index contributed by atoms with van der Waals surface area (Å²) in [6.45, 7) is 12.6. The Morgan fingerprint density at radius 2 is 2.00 bits per heavy atom. The van der Waals surface area contributed by atoms with Gasteiger partial charge < -0.3 is 9.89 Å². The van der Waals surface area contributed by atoms with E-state index in [4.69, 9.17) is 0 Å². The van der Waals surface area contributed by atoms with Gasteiger partial charge >= 0.3 is 0 Å². The van der Waals surface area contributed by atoms with Crippen LogP contribution in [0.4, 0.5) is 0 Å². The fourth-order valence-corrected chi connectivity index (χ4v) is 3.15. The Labute approximate surface area is 128 Å². The van der Waals surface area contributed by atoms with Crippen molar-refractivity contribution in [2.24, 2.45) is 10.9 Å². The molecule has 0 aromatic rings. The highest BCUT2D eigenvalue weighted by Gasteiger charge is 2.26. The smallest absolute Gasteiger partial charge is 0.228 e. The zero-order valence-corrected chi connectivity index (χ0v) is 14.9. The summed E-state index contributed by atoms with van der Waals surface area (Å²) in [4.78, 5) is 17.5.